The van der Waals surface area contributed by atoms with Crippen molar-refractivity contribution in [3.05, 3.63) is 64.7 Å². The van der Waals surface area contributed by atoms with Gasteiger partial charge in [-0.25, -0.2) is 0 Å². The molecule has 2 aromatic carbocycles. The lowest BCUT2D eigenvalue weighted by Crippen LogP contribution is -2.15. The summed E-state index contributed by atoms with van der Waals surface area (Å²) in [5.74, 6) is 3.08. The Kier molecular flexibility index (Phi) is 8.04. The first-order chi connectivity index (χ1) is 16.4. The monoisotopic (exact) mass is 446 g/mol. The summed E-state index contributed by atoms with van der Waals surface area (Å²) in [4.78, 5) is 12.3. The summed E-state index contributed by atoms with van der Waals surface area (Å²) in [6.45, 7) is 0.499. The van der Waals surface area contributed by atoms with Crippen LogP contribution in [0.25, 0.3) is 0 Å². The van der Waals surface area contributed by atoms with Gasteiger partial charge in [-0.3, -0.25) is 0 Å². The molecule has 0 radical (unpaired) electrons. The van der Waals surface area contributed by atoms with Crippen LogP contribution in [0.15, 0.2) is 42.5 Å². The summed E-state index contributed by atoms with van der Waals surface area (Å²) >= 11 is 0. The van der Waals surface area contributed by atoms with Crippen LogP contribution in [0, 0.1) is 0 Å². The summed E-state index contributed by atoms with van der Waals surface area (Å²) in [6, 6.07) is 15.5. The van der Waals surface area contributed by atoms with Gasteiger partial charge >= 0.3 is 0 Å². The molecule has 0 aromatic heterocycles. The van der Waals surface area contributed by atoms with E-state index in [4.69, 9.17) is 9.78 Å². The van der Waals surface area contributed by atoms with Gasteiger partial charge in [0.15, 0.2) is 5.75 Å². The smallest absolute Gasteiger partial charge is 0.172 e. The van der Waals surface area contributed by atoms with Crippen molar-refractivity contribution in [2.75, 3.05) is 0 Å². The molecule has 178 valence electrons. The molecule has 33 heavy (non-hydrogen) atoms. The summed E-state index contributed by atoms with van der Waals surface area (Å²) in [7, 11) is 0. The van der Waals surface area contributed by atoms with Gasteiger partial charge in [-0.2, -0.15) is 4.89 Å². The predicted octanol–water partition coefficient (Wildman–Crippen LogP) is 9.34. The Morgan fingerprint density at radius 2 is 1.06 bits per heavy atom. The van der Waals surface area contributed by atoms with Crippen LogP contribution in [0.5, 0.6) is 5.75 Å². The van der Waals surface area contributed by atoms with E-state index in [2.05, 4.69) is 42.5 Å². The van der Waals surface area contributed by atoms with Gasteiger partial charge in [0, 0.05) is 11.1 Å². The lowest BCUT2D eigenvalue weighted by Gasteiger charge is -2.31. The zero-order valence-corrected chi connectivity index (χ0v) is 20.4. The molecule has 0 amide bonds. The standard InChI is InChI=1S/C31H42O2/c1-5-13-24(14-6-1)23-32-33-31-29(26-17-9-3-10-18-26)21-28(25-15-7-2-8-16-25)22-30(31)27-19-11-4-12-20-27/h1,5-6,13-14,21-22,25-27H,2-4,7-12,15-20,23H2. The van der Waals surface area contributed by atoms with Gasteiger partial charge in [-0.15, -0.1) is 0 Å². The average molecular weight is 447 g/mol. The van der Waals surface area contributed by atoms with E-state index in [0.29, 0.717) is 18.4 Å². The van der Waals surface area contributed by atoms with Crippen LogP contribution < -0.4 is 4.89 Å². The first kappa shape index (κ1) is 23.0. The minimum absolute atomic E-state index is 0.499. The minimum Gasteiger partial charge on any atom is -0.337 e. The highest BCUT2D eigenvalue weighted by molar-refractivity contribution is 5.49. The zero-order valence-electron chi connectivity index (χ0n) is 20.4. The van der Waals surface area contributed by atoms with Crippen molar-refractivity contribution < 1.29 is 9.78 Å². The molecule has 3 aliphatic carbocycles. The van der Waals surface area contributed by atoms with Crippen molar-refractivity contribution in [3.8, 4) is 5.75 Å². The Hall–Kier alpha value is -1.80. The normalized spacial score (nSPS) is 21.2. The third-order valence-corrected chi connectivity index (χ3v) is 8.55. The van der Waals surface area contributed by atoms with E-state index >= 15 is 0 Å². The van der Waals surface area contributed by atoms with Crippen molar-refractivity contribution in [2.45, 2.75) is 121 Å². The number of hydrogen-bond donors (Lipinski definition) is 0. The Balaban J connectivity index is 1.49. The molecule has 0 spiro atoms. The van der Waals surface area contributed by atoms with E-state index in [1.54, 1.807) is 5.56 Å². The van der Waals surface area contributed by atoms with Crippen molar-refractivity contribution in [1.29, 1.82) is 0 Å². The average Bonchev–Trinajstić information content (AvgIpc) is 2.91. The van der Waals surface area contributed by atoms with E-state index in [1.807, 2.05) is 0 Å². The van der Waals surface area contributed by atoms with Gasteiger partial charge in [0.2, 0.25) is 0 Å². The van der Waals surface area contributed by atoms with Crippen molar-refractivity contribution in [3.63, 3.8) is 0 Å². The van der Waals surface area contributed by atoms with E-state index < -0.39 is 0 Å². The van der Waals surface area contributed by atoms with E-state index in [-0.39, 0.29) is 0 Å². The molecule has 0 N–H and O–H groups in total. The molecular weight excluding hydrogens is 404 g/mol. The molecule has 0 aliphatic heterocycles. The summed E-state index contributed by atoms with van der Waals surface area (Å²) in [6.07, 6.45) is 20.3. The van der Waals surface area contributed by atoms with Crippen molar-refractivity contribution in [1.82, 2.24) is 0 Å². The maximum Gasteiger partial charge on any atom is 0.172 e. The molecule has 2 heteroatoms. The molecule has 2 nitrogen and oxygen atoms in total. The van der Waals surface area contributed by atoms with E-state index in [0.717, 1.165) is 17.2 Å². The maximum atomic E-state index is 6.32. The lowest BCUT2D eigenvalue weighted by atomic mass is 9.75. The Morgan fingerprint density at radius 3 is 1.58 bits per heavy atom. The van der Waals surface area contributed by atoms with Gasteiger partial charge in [0.1, 0.15) is 6.61 Å². The van der Waals surface area contributed by atoms with Gasteiger partial charge in [-0.05, 0) is 67.4 Å². The largest absolute Gasteiger partial charge is 0.337 e. The highest BCUT2D eigenvalue weighted by Gasteiger charge is 2.29. The van der Waals surface area contributed by atoms with Crippen LogP contribution in [-0.4, -0.2) is 0 Å². The molecule has 3 fully saturated rings. The SMILES string of the molecule is c1ccc(COOc2c(C3CCCCC3)cc(C3CCCCC3)cc2C2CCCCC2)cc1. The van der Waals surface area contributed by atoms with Gasteiger partial charge in [0.05, 0.1) is 0 Å². The van der Waals surface area contributed by atoms with E-state index in [9.17, 15) is 0 Å². The molecule has 0 saturated heterocycles. The third kappa shape index (κ3) is 5.83. The van der Waals surface area contributed by atoms with Crippen LogP contribution >= 0.6 is 0 Å². The van der Waals surface area contributed by atoms with Crippen LogP contribution in [0.2, 0.25) is 0 Å². The number of rotatable bonds is 7. The highest BCUT2D eigenvalue weighted by atomic mass is 17.2. The zero-order chi connectivity index (χ0) is 22.3. The van der Waals surface area contributed by atoms with Crippen molar-refractivity contribution >= 4 is 0 Å². The van der Waals surface area contributed by atoms with Crippen molar-refractivity contribution in [2.24, 2.45) is 0 Å². The molecule has 0 heterocycles. The van der Waals surface area contributed by atoms with Crippen LogP contribution in [0.1, 0.15) is 136 Å². The summed E-state index contributed by atoms with van der Waals surface area (Å²) in [5.41, 5.74) is 5.69. The Labute approximate surface area is 201 Å². The fourth-order valence-electron chi connectivity index (χ4n) is 6.63. The molecule has 0 bridgehead atoms. The second kappa shape index (κ2) is 11.6. The molecule has 0 atom stereocenters. The number of hydrogen-bond acceptors (Lipinski definition) is 2. The number of benzene rings is 2. The van der Waals surface area contributed by atoms with E-state index in [1.165, 1.54) is 107 Å². The summed E-state index contributed by atoms with van der Waals surface area (Å²) < 4.78 is 0. The Bertz CT molecular complexity index is 817. The first-order valence-corrected chi connectivity index (χ1v) is 13.9. The quantitative estimate of drug-likeness (QED) is 0.311. The van der Waals surface area contributed by atoms with Crippen LogP contribution in [0.4, 0.5) is 0 Å². The molecule has 2 aromatic rings. The van der Waals surface area contributed by atoms with Crippen LogP contribution in [-0.2, 0) is 11.5 Å². The fourth-order valence-corrected chi connectivity index (χ4v) is 6.63. The van der Waals surface area contributed by atoms with Gasteiger partial charge < -0.3 is 4.89 Å². The molecule has 3 aliphatic rings. The second-order valence-corrected chi connectivity index (χ2v) is 10.9. The minimum atomic E-state index is 0.499. The van der Waals surface area contributed by atoms with Gasteiger partial charge in [-0.1, -0.05) is 100 Å². The Morgan fingerprint density at radius 1 is 0.576 bits per heavy atom. The fraction of sp³-hybridized carbons (Fsp3) is 0.613. The molecule has 5 rings (SSSR count). The van der Waals surface area contributed by atoms with Gasteiger partial charge in [0.25, 0.3) is 0 Å². The molecule has 3 saturated carbocycles. The molecular formula is C31H42O2. The van der Waals surface area contributed by atoms with Crippen LogP contribution in [0.3, 0.4) is 0 Å². The first-order valence-electron chi connectivity index (χ1n) is 13.9. The third-order valence-electron chi connectivity index (χ3n) is 8.55. The summed E-state index contributed by atoms with van der Waals surface area (Å²) in [5, 5.41) is 0. The molecule has 0 unspecified atom stereocenters. The second-order valence-electron chi connectivity index (χ2n) is 10.9. The predicted molar refractivity (Wildman–Crippen MR) is 136 cm³/mol. The topological polar surface area (TPSA) is 18.5 Å². The lowest BCUT2D eigenvalue weighted by molar-refractivity contribution is -0.219. The maximum absolute atomic E-state index is 6.32. The highest BCUT2D eigenvalue weighted by Crippen LogP contribution is 2.47.